The molecule has 1 aromatic carbocycles. The van der Waals surface area contributed by atoms with Crippen molar-refractivity contribution < 1.29 is 9.53 Å². The van der Waals surface area contributed by atoms with Gasteiger partial charge in [0.2, 0.25) is 0 Å². The maximum absolute atomic E-state index is 11.9. The van der Waals surface area contributed by atoms with Crippen LogP contribution in [0.3, 0.4) is 0 Å². The summed E-state index contributed by atoms with van der Waals surface area (Å²) in [5.74, 6) is -0.237. The summed E-state index contributed by atoms with van der Waals surface area (Å²) in [4.78, 5) is 11.9. The topological polar surface area (TPSA) is 38.3 Å². The predicted molar refractivity (Wildman–Crippen MR) is 74.3 cm³/mol. The van der Waals surface area contributed by atoms with Crippen LogP contribution >= 0.6 is 12.4 Å². The van der Waals surface area contributed by atoms with Crippen LogP contribution < -0.4 is 5.32 Å². The van der Waals surface area contributed by atoms with Gasteiger partial charge in [0.1, 0.15) is 5.60 Å². The molecule has 3 nitrogen and oxygen atoms in total. The van der Waals surface area contributed by atoms with Crippen molar-refractivity contribution in [1.82, 2.24) is 5.32 Å². The number of fused-ring (bicyclic) bond motifs is 1. The first-order chi connectivity index (χ1) is 7.96. The highest BCUT2D eigenvalue weighted by Gasteiger charge is 2.19. The van der Waals surface area contributed by atoms with E-state index in [1.54, 1.807) is 0 Å². The number of nitrogens with one attached hydrogen (secondary N) is 1. The number of ether oxygens (including phenoxy) is 1. The Morgan fingerprint density at radius 1 is 1.28 bits per heavy atom. The third kappa shape index (κ3) is 3.72. The average Bonchev–Trinajstić information content (AvgIpc) is 2.26. The van der Waals surface area contributed by atoms with Crippen molar-refractivity contribution in [3.8, 4) is 0 Å². The number of carbonyl (C=O) groups is 1. The first-order valence-electron chi connectivity index (χ1n) is 6.01. The van der Waals surface area contributed by atoms with Crippen LogP contribution in [-0.4, -0.2) is 18.1 Å². The Labute approximate surface area is 114 Å². The Balaban J connectivity index is 0.00000162. The fourth-order valence-electron chi connectivity index (χ4n) is 1.94. The first-order valence-corrected chi connectivity index (χ1v) is 6.01. The van der Waals surface area contributed by atoms with Gasteiger partial charge < -0.3 is 10.1 Å². The second-order valence-electron chi connectivity index (χ2n) is 5.41. The van der Waals surface area contributed by atoms with Gasteiger partial charge in [-0.1, -0.05) is 6.07 Å². The molecule has 0 aliphatic carbocycles. The summed E-state index contributed by atoms with van der Waals surface area (Å²) in [7, 11) is 0. The molecule has 0 saturated heterocycles. The number of benzene rings is 1. The summed E-state index contributed by atoms with van der Waals surface area (Å²) in [6.45, 7) is 7.52. The van der Waals surface area contributed by atoms with E-state index >= 15 is 0 Å². The fraction of sp³-hybridized carbons (Fsp3) is 0.500. The number of esters is 1. The molecular weight excluding hydrogens is 250 g/mol. The van der Waals surface area contributed by atoms with Crippen LogP contribution in [0.4, 0.5) is 0 Å². The highest BCUT2D eigenvalue weighted by atomic mass is 35.5. The molecular formula is C14H20ClNO2. The second-order valence-corrected chi connectivity index (χ2v) is 5.41. The molecule has 1 heterocycles. The molecule has 0 aromatic heterocycles. The number of rotatable bonds is 1. The molecule has 1 aliphatic heterocycles. The molecule has 1 N–H and O–H groups in total. The van der Waals surface area contributed by atoms with Crippen molar-refractivity contribution >= 4 is 18.4 Å². The Hall–Kier alpha value is -1.06. The molecule has 0 bridgehead atoms. The van der Waals surface area contributed by atoms with Crippen LogP contribution in [0.1, 0.15) is 42.3 Å². The van der Waals surface area contributed by atoms with E-state index in [4.69, 9.17) is 4.74 Å². The van der Waals surface area contributed by atoms with Gasteiger partial charge in [0, 0.05) is 6.54 Å². The molecule has 0 atom stereocenters. The minimum absolute atomic E-state index is 0. The normalized spacial score (nSPS) is 14.4. The minimum atomic E-state index is -0.436. The van der Waals surface area contributed by atoms with Gasteiger partial charge in [-0.3, -0.25) is 0 Å². The maximum atomic E-state index is 11.9. The second kappa shape index (κ2) is 5.72. The van der Waals surface area contributed by atoms with Gasteiger partial charge >= 0.3 is 5.97 Å². The molecule has 100 valence electrons. The van der Waals surface area contributed by atoms with Crippen LogP contribution in [0.15, 0.2) is 18.2 Å². The zero-order chi connectivity index (χ0) is 12.5. The van der Waals surface area contributed by atoms with Gasteiger partial charge in [-0.25, -0.2) is 4.79 Å². The zero-order valence-electron chi connectivity index (χ0n) is 11.1. The Morgan fingerprint density at radius 3 is 2.67 bits per heavy atom. The quantitative estimate of drug-likeness (QED) is 0.797. The van der Waals surface area contributed by atoms with Crippen LogP contribution in [0.25, 0.3) is 0 Å². The Bertz CT molecular complexity index is 438. The van der Waals surface area contributed by atoms with Crippen molar-refractivity contribution in [2.24, 2.45) is 0 Å². The lowest BCUT2D eigenvalue weighted by Crippen LogP contribution is -2.26. The van der Waals surface area contributed by atoms with E-state index in [2.05, 4.69) is 5.32 Å². The SMILES string of the molecule is CC(C)(C)OC(=O)c1ccc2c(c1)CCNC2.Cl. The summed E-state index contributed by atoms with van der Waals surface area (Å²) < 4.78 is 5.36. The van der Waals surface area contributed by atoms with Crippen molar-refractivity contribution in [3.05, 3.63) is 34.9 Å². The van der Waals surface area contributed by atoms with Crippen LogP contribution in [0.2, 0.25) is 0 Å². The number of hydrogen-bond donors (Lipinski definition) is 1. The number of halogens is 1. The van der Waals surface area contributed by atoms with Crippen molar-refractivity contribution in [1.29, 1.82) is 0 Å². The van der Waals surface area contributed by atoms with Gasteiger partial charge in [0.15, 0.2) is 0 Å². The van der Waals surface area contributed by atoms with E-state index in [1.807, 2.05) is 39.0 Å². The van der Waals surface area contributed by atoms with Crippen LogP contribution in [0, 0.1) is 0 Å². The monoisotopic (exact) mass is 269 g/mol. The summed E-state index contributed by atoms with van der Waals surface area (Å²) >= 11 is 0. The molecule has 2 rings (SSSR count). The van der Waals surface area contributed by atoms with E-state index in [0.717, 1.165) is 19.5 Å². The first kappa shape index (κ1) is 15.0. The van der Waals surface area contributed by atoms with Gasteiger partial charge in [-0.05, 0) is 57.0 Å². The lowest BCUT2D eigenvalue weighted by molar-refractivity contribution is 0.00694. The van der Waals surface area contributed by atoms with E-state index in [0.29, 0.717) is 5.56 Å². The third-order valence-corrected chi connectivity index (χ3v) is 2.73. The van der Waals surface area contributed by atoms with Crippen molar-refractivity contribution in [2.45, 2.75) is 39.3 Å². The summed E-state index contributed by atoms with van der Waals surface area (Å²) in [5.41, 5.74) is 2.75. The van der Waals surface area contributed by atoms with Crippen LogP contribution in [-0.2, 0) is 17.7 Å². The average molecular weight is 270 g/mol. The number of hydrogen-bond acceptors (Lipinski definition) is 3. The predicted octanol–water partition coefficient (Wildman–Crippen LogP) is 2.71. The standard InChI is InChI=1S/C14H19NO2.ClH/c1-14(2,3)17-13(16)11-4-5-12-9-15-7-6-10(12)8-11;/h4-5,8,15H,6-7,9H2,1-3H3;1H. The minimum Gasteiger partial charge on any atom is -0.456 e. The van der Waals surface area contributed by atoms with E-state index in [9.17, 15) is 4.79 Å². The van der Waals surface area contributed by atoms with Crippen molar-refractivity contribution in [2.75, 3.05) is 6.54 Å². The lowest BCUT2D eigenvalue weighted by Gasteiger charge is -2.21. The van der Waals surface area contributed by atoms with Gasteiger partial charge in [-0.15, -0.1) is 12.4 Å². The van der Waals surface area contributed by atoms with E-state index in [1.165, 1.54) is 11.1 Å². The molecule has 0 spiro atoms. The molecule has 1 aliphatic rings. The molecule has 18 heavy (non-hydrogen) atoms. The fourth-order valence-corrected chi connectivity index (χ4v) is 1.94. The van der Waals surface area contributed by atoms with Crippen LogP contribution in [0.5, 0.6) is 0 Å². The number of carbonyl (C=O) groups excluding carboxylic acids is 1. The molecule has 0 radical (unpaired) electrons. The molecule has 0 unspecified atom stereocenters. The smallest absolute Gasteiger partial charge is 0.338 e. The van der Waals surface area contributed by atoms with Gasteiger partial charge in [0.25, 0.3) is 0 Å². The largest absolute Gasteiger partial charge is 0.456 e. The van der Waals surface area contributed by atoms with E-state index in [-0.39, 0.29) is 18.4 Å². The zero-order valence-corrected chi connectivity index (χ0v) is 11.9. The highest BCUT2D eigenvalue weighted by molar-refractivity contribution is 5.90. The lowest BCUT2D eigenvalue weighted by atomic mass is 9.98. The molecule has 4 heteroatoms. The molecule has 0 fully saturated rings. The summed E-state index contributed by atoms with van der Waals surface area (Å²) in [5, 5.41) is 3.31. The molecule has 1 aromatic rings. The highest BCUT2D eigenvalue weighted by Crippen LogP contribution is 2.18. The van der Waals surface area contributed by atoms with Crippen molar-refractivity contribution in [3.63, 3.8) is 0 Å². The Morgan fingerprint density at radius 2 is 2.00 bits per heavy atom. The van der Waals surface area contributed by atoms with Gasteiger partial charge in [-0.2, -0.15) is 0 Å². The third-order valence-electron chi connectivity index (χ3n) is 2.73. The Kier molecular flexibility index (Phi) is 4.77. The summed E-state index contributed by atoms with van der Waals surface area (Å²) in [6.07, 6.45) is 0.978. The van der Waals surface area contributed by atoms with E-state index < -0.39 is 5.60 Å². The maximum Gasteiger partial charge on any atom is 0.338 e. The van der Waals surface area contributed by atoms with Gasteiger partial charge in [0.05, 0.1) is 5.56 Å². The molecule has 0 saturated carbocycles. The molecule has 0 amide bonds. The summed E-state index contributed by atoms with van der Waals surface area (Å²) in [6, 6.07) is 5.82.